The average Bonchev–Trinajstić information content (AvgIpc) is 2.33. The predicted octanol–water partition coefficient (Wildman–Crippen LogP) is 4.04. The zero-order valence-corrected chi connectivity index (χ0v) is 12.6. The van der Waals surface area contributed by atoms with Crippen molar-refractivity contribution >= 4 is 43.2 Å². The van der Waals surface area contributed by atoms with Gasteiger partial charge in [-0.1, -0.05) is 39.7 Å². The van der Waals surface area contributed by atoms with Crippen LogP contribution in [-0.2, 0) is 10.0 Å². The molecule has 0 aliphatic rings. The number of anilines is 1. The average molecular weight is 365 g/mol. The van der Waals surface area contributed by atoms with Crippen molar-refractivity contribution in [2.45, 2.75) is 4.90 Å². The van der Waals surface area contributed by atoms with E-state index < -0.39 is 15.8 Å². The summed E-state index contributed by atoms with van der Waals surface area (Å²) in [6.45, 7) is 0. The molecule has 0 spiro atoms. The summed E-state index contributed by atoms with van der Waals surface area (Å²) in [6.07, 6.45) is 0. The van der Waals surface area contributed by atoms with Gasteiger partial charge < -0.3 is 0 Å². The van der Waals surface area contributed by atoms with Crippen LogP contribution in [0.3, 0.4) is 0 Å². The van der Waals surface area contributed by atoms with Crippen molar-refractivity contribution in [2.75, 3.05) is 4.72 Å². The fourth-order valence-electron chi connectivity index (χ4n) is 1.43. The molecule has 0 radical (unpaired) electrons. The molecule has 0 aliphatic heterocycles. The Morgan fingerprint density at radius 3 is 2.47 bits per heavy atom. The Morgan fingerprint density at radius 2 is 1.84 bits per heavy atom. The molecule has 0 aromatic heterocycles. The van der Waals surface area contributed by atoms with E-state index in [0.717, 1.165) is 0 Å². The van der Waals surface area contributed by atoms with Gasteiger partial charge in [0, 0.05) is 4.47 Å². The topological polar surface area (TPSA) is 46.2 Å². The molecule has 0 aliphatic carbocycles. The van der Waals surface area contributed by atoms with Gasteiger partial charge in [0.15, 0.2) is 0 Å². The summed E-state index contributed by atoms with van der Waals surface area (Å²) in [7, 11) is -3.92. The number of halogens is 3. The molecule has 2 aromatic rings. The van der Waals surface area contributed by atoms with Crippen molar-refractivity contribution in [3.8, 4) is 0 Å². The first-order valence-corrected chi connectivity index (χ1v) is 7.78. The second kappa shape index (κ2) is 5.48. The summed E-state index contributed by atoms with van der Waals surface area (Å²) < 4.78 is 40.5. The third-order valence-corrected chi connectivity index (χ3v) is 4.66. The first kappa shape index (κ1) is 14.3. The quantitative estimate of drug-likeness (QED) is 0.893. The highest BCUT2D eigenvalue weighted by molar-refractivity contribution is 9.10. The van der Waals surface area contributed by atoms with E-state index in [0.29, 0.717) is 4.47 Å². The van der Waals surface area contributed by atoms with Gasteiger partial charge in [-0.25, -0.2) is 12.8 Å². The molecule has 2 aromatic carbocycles. The summed E-state index contributed by atoms with van der Waals surface area (Å²) in [6, 6.07) is 9.99. The van der Waals surface area contributed by atoms with Crippen LogP contribution in [-0.4, -0.2) is 8.42 Å². The highest BCUT2D eigenvalue weighted by atomic mass is 79.9. The second-order valence-electron chi connectivity index (χ2n) is 3.66. The molecular weight excluding hydrogens is 357 g/mol. The number of sulfonamides is 1. The summed E-state index contributed by atoms with van der Waals surface area (Å²) in [5.41, 5.74) is -0.136. The molecule has 0 saturated heterocycles. The Bertz CT molecular complexity index is 721. The summed E-state index contributed by atoms with van der Waals surface area (Å²) in [5, 5.41) is 0.0764. The third-order valence-electron chi connectivity index (χ3n) is 2.30. The van der Waals surface area contributed by atoms with Crippen LogP contribution < -0.4 is 4.72 Å². The number of hydrogen-bond acceptors (Lipinski definition) is 2. The molecule has 19 heavy (non-hydrogen) atoms. The van der Waals surface area contributed by atoms with Crippen LogP contribution in [0.5, 0.6) is 0 Å². The molecule has 0 unspecified atom stereocenters. The predicted molar refractivity (Wildman–Crippen MR) is 76.4 cm³/mol. The Morgan fingerprint density at radius 1 is 1.16 bits per heavy atom. The minimum atomic E-state index is -3.92. The van der Waals surface area contributed by atoms with Crippen LogP contribution in [0.25, 0.3) is 0 Å². The Balaban J connectivity index is 2.40. The van der Waals surface area contributed by atoms with Gasteiger partial charge in [-0.2, -0.15) is 0 Å². The largest absolute Gasteiger partial charge is 0.277 e. The molecule has 0 saturated carbocycles. The van der Waals surface area contributed by atoms with Gasteiger partial charge in [0.2, 0.25) is 0 Å². The molecular formula is C12H8BrClFNO2S. The lowest BCUT2D eigenvalue weighted by Gasteiger charge is -2.10. The van der Waals surface area contributed by atoms with E-state index in [1.807, 2.05) is 0 Å². The van der Waals surface area contributed by atoms with Crippen LogP contribution in [0.1, 0.15) is 0 Å². The van der Waals surface area contributed by atoms with Crippen molar-refractivity contribution in [1.82, 2.24) is 0 Å². The molecule has 100 valence electrons. The first-order chi connectivity index (χ1) is 8.90. The molecule has 0 bridgehead atoms. The third kappa shape index (κ3) is 3.26. The zero-order chi connectivity index (χ0) is 14.0. The second-order valence-corrected chi connectivity index (χ2v) is 6.63. The van der Waals surface area contributed by atoms with Crippen molar-refractivity contribution < 1.29 is 12.8 Å². The maximum Gasteiger partial charge on any atom is 0.263 e. The van der Waals surface area contributed by atoms with Gasteiger partial charge in [-0.05, 0) is 30.3 Å². The monoisotopic (exact) mass is 363 g/mol. The Kier molecular flexibility index (Phi) is 4.13. The van der Waals surface area contributed by atoms with E-state index in [1.54, 1.807) is 12.1 Å². The summed E-state index contributed by atoms with van der Waals surface area (Å²) >= 11 is 8.91. The van der Waals surface area contributed by atoms with E-state index in [-0.39, 0.29) is 15.6 Å². The van der Waals surface area contributed by atoms with Crippen LogP contribution in [0.4, 0.5) is 10.1 Å². The molecule has 3 nitrogen and oxygen atoms in total. The van der Waals surface area contributed by atoms with E-state index in [9.17, 15) is 12.8 Å². The lowest BCUT2D eigenvalue weighted by Crippen LogP contribution is -2.14. The zero-order valence-electron chi connectivity index (χ0n) is 9.40. The number of benzene rings is 2. The van der Waals surface area contributed by atoms with E-state index in [2.05, 4.69) is 20.7 Å². The fraction of sp³-hybridized carbons (Fsp3) is 0. The number of rotatable bonds is 3. The standard InChI is InChI=1S/C12H8BrClFNO2S/c13-8-5-6-11(10(15)7-8)16-19(17,18)12-4-2-1-3-9(12)14/h1-7,16H. The van der Waals surface area contributed by atoms with E-state index in [1.165, 1.54) is 30.3 Å². The molecule has 0 fully saturated rings. The van der Waals surface area contributed by atoms with Crippen LogP contribution in [0, 0.1) is 5.82 Å². The Hall–Kier alpha value is -1.11. The highest BCUT2D eigenvalue weighted by Gasteiger charge is 2.19. The van der Waals surface area contributed by atoms with Crippen molar-refractivity contribution in [2.24, 2.45) is 0 Å². The van der Waals surface area contributed by atoms with Crippen molar-refractivity contribution in [3.63, 3.8) is 0 Å². The molecule has 0 amide bonds. The molecule has 0 atom stereocenters. The van der Waals surface area contributed by atoms with Gasteiger partial charge in [-0.3, -0.25) is 4.72 Å². The minimum Gasteiger partial charge on any atom is -0.277 e. The van der Waals surface area contributed by atoms with Gasteiger partial charge in [0.1, 0.15) is 10.7 Å². The van der Waals surface area contributed by atoms with Crippen LogP contribution >= 0.6 is 27.5 Å². The van der Waals surface area contributed by atoms with Gasteiger partial charge in [-0.15, -0.1) is 0 Å². The molecule has 0 heterocycles. The smallest absolute Gasteiger partial charge is 0.263 e. The Labute approximate surface area is 123 Å². The number of hydrogen-bond donors (Lipinski definition) is 1. The van der Waals surface area contributed by atoms with Gasteiger partial charge >= 0.3 is 0 Å². The number of nitrogens with one attached hydrogen (secondary N) is 1. The fourth-order valence-corrected chi connectivity index (χ4v) is 3.36. The summed E-state index contributed by atoms with van der Waals surface area (Å²) in [4.78, 5) is -0.0982. The molecule has 2 rings (SSSR count). The SMILES string of the molecule is O=S(=O)(Nc1ccc(Br)cc1F)c1ccccc1Cl. The van der Waals surface area contributed by atoms with Crippen LogP contribution in [0.15, 0.2) is 51.8 Å². The highest BCUT2D eigenvalue weighted by Crippen LogP contribution is 2.25. The van der Waals surface area contributed by atoms with Crippen LogP contribution in [0.2, 0.25) is 5.02 Å². The lowest BCUT2D eigenvalue weighted by atomic mass is 10.3. The summed E-state index contributed by atoms with van der Waals surface area (Å²) in [5.74, 6) is -0.676. The van der Waals surface area contributed by atoms with Crippen molar-refractivity contribution in [1.29, 1.82) is 0 Å². The maximum atomic E-state index is 13.6. The van der Waals surface area contributed by atoms with E-state index >= 15 is 0 Å². The van der Waals surface area contributed by atoms with Crippen molar-refractivity contribution in [3.05, 3.63) is 57.8 Å². The first-order valence-electron chi connectivity index (χ1n) is 5.12. The minimum absolute atomic E-state index is 0.0764. The molecule has 1 N–H and O–H groups in total. The normalized spacial score (nSPS) is 11.3. The molecule has 7 heteroatoms. The lowest BCUT2D eigenvalue weighted by molar-refractivity contribution is 0.598. The van der Waals surface area contributed by atoms with E-state index in [4.69, 9.17) is 11.6 Å². The maximum absolute atomic E-state index is 13.6. The van der Waals surface area contributed by atoms with Gasteiger partial charge in [0.05, 0.1) is 10.7 Å². The van der Waals surface area contributed by atoms with Gasteiger partial charge in [0.25, 0.3) is 10.0 Å².